The van der Waals surface area contributed by atoms with E-state index in [4.69, 9.17) is 4.98 Å². The minimum atomic E-state index is -0.651. The summed E-state index contributed by atoms with van der Waals surface area (Å²) in [5, 5.41) is 13.0. The Morgan fingerprint density at radius 2 is 2.00 bits per heavy atom. The topological polar surface area (TPSA) is 91.6 Å². The maximum Gasteiger partial charge on any atom is 0.227 e. The highest BCUT2D eigenvalue weighted by molar-refractivity contribution is 6.02. The van der Waals surface area contributed by atoms with Crippen molar-refractivity contribution >= 4 is 17.4 Å². The van der Waals surface area contributed by atoms with Gasteiger partial charge in [0.2, 0.25) is 5.95 Å². The fraction of sp³-hybridized carbons (Fsp3) is 0.240. The number of carbonyl (C=O) groups is 1. The van der Waals surface area contributed by atoms with E-state index in [2.05, 4.69) is 33.5 Å². The number of allylic oxidation sites excluding steroid dienone is 2. The fourth-order valence-corrected chi connectivity index (χ4v) is 5.07. The van der Waals surface area contributed by atoms with Gasteiger partial charge in [0.1, 0.15) is 6.07 Å². The molecule has 3 unspecified atom stereocenters. The first kappa shape index (κ1) is 19.1. The minimum Gasteiger partial charge on any atom is -0.323 e. The monoisotopic (exact) mass is 407 g/mol. The van der Waals surface area contributed by atoms with E-state index < -0.39 is 5.41 Å². The van der Waals surface area contributed by atoms with Gasteiger partial charge in [-0.15, -0.1) is 0 Å². The van der Waals surface area contributed by atoms with Gasteiger partial charge in [0, 0.05) is 18.3 Å². The molecule has 5 rings (SSSR count). The van der Waals surface area contributed by atoms with Crippen LogP contribution in [0.5, 0.6) is 0 Å². The van der Waals surface area contributed by atoms with E-state index >= 15 is 0 Å². The lowest BCUT2D eigenvalue weighted by molar-refractivity contribution is -0.121. The Morgan fingerprint density at radius 1 is 1.16 bits per heavy atom. The minimum absolute atomic E-state index is 0.0214. The second-order valence-electron chi connectivity index (χ2n) is 8.14. The van der Waals surface area contributed by atoms with Crippen LogP contribution in [0.25, 0.3) is 0 Å². The number of fused-ring (bicyclic) bond motifs is 3. The average Bonchev–Trinajstić information content (AvgIpc) is 2.82. The highest BCUT2D eigenvalue weighted by Gasteiger charge is 2.52. The number of Topliss-reactive ketones (excluding diaryl/α,β-unsaturated/α-hetero) is 1. The van der Waals surface area contributed by atoms with Crippen molar-refractivity contribution in [1.82, 2.24) is 15.0 Å². The predicted molar refractivity (Wildman–Crippen MR) is 116 cm³/mol. The molecule has 1 N–H and O–H groups in total. The molecule has 2 heterocycles. The van der Waals surface area contributed by atoms with Crippen LogP contribution in [0.2, 0.25) is 0 Å². The first-order valence-electron chi connectivity index (χ1n) is 10.4. The summed E-state index contributed by atoms with van der Waals surface area (Å²) in [6.45, 7) is 1.94. The van der Waals surface area contributed by atoms with Crippen LogP contribution in [0, 0.1) is 23.2 Å². The standard InChI is InChI=1S/C25H21N5O/c1-16-21-10-9-17-14-28-24(29-20-8-5-11-27-15-20)30-23(17)25(21,12-18(13-26)22(16)31)19-6-3-2-4-7-19/h2-8,11-12,14-16,21H,9-10H2,1H3,(H,28,29,30). The third kappa shape index (κ3) is 3.01. The summed E-state index contributed by atoms with van der Waals surface area (Å²) in [6, 6.07) is 16.0. The highest BCUT2D eigenvalue weighted by Crippen LogP contribution is 2.53. The zero-order valence-electron chi connectivity index (χ0n) is 17.1. The number of anilines is 2. The Balaban J connectivity index is 1.74. The molecule has 0 saturated carbocycles. The average molecular weight is 407 g/mol. The summed E-state index contributed by atoms with van der Waals surface area (Å²) >= 11 is 0. The first-order chi connectivity index (χ1) is 15.1. The van der Waals surface area contributed by atoms with Gasteiger partial charge in [-0.05, 0) is 48.1 Å². The lowest BCUT2D eigenvalue weighted by atomic mass is 9.54. The molecule has 0 aliphatic heterocycles. The molecule has 0 spiro atoms. The lowest BCUT2D eigenvalue weighted by Crippen LogP contribution is -2.48. The van der Waals surface area contributed by atoms with Gasteiger partial charge in [0.25, 0.3) is 0 Å². The van der Waals surface area contributed by atoms with Crippen molar-refractivity contribution in [2.75, 3.05) is 5.32 Å². The molecule has 0 saturated heterocycles. The normalized spacial score (nSPS) is 24.4. The molecule has 3 atom stereocenters. The summed E-state index contributed by atoms with van der Waals surface area (Å²) < 4.78 is 0. The molecule has 0 bridgehead atoms. The molecule has 152 valence electrons. The zero-order valence-corrected chi connectivity index (χ0v) is 17.1. The molecule has 2 aliphatic carbocycles. The van der Waals surface area contributed by atoms with Gasteiger partial charge in [-0.1, -0.05) is 37.3 Å². The molecular weight excluding hydrogens is 386 g/mol. The largest absolute Gasteiger partial charge is 0.323 e. The molecule has 3 aromatic rings. The van der Waals surface area contributed by atoms with Crippen molar-refractivity contribution in [3.8, 4) is 6.07 Å². The number of hydrogen-bond donors (Lipinski definition) is 1. The third-order valence-corrected chi connectivity index (χ3v) is 6.51. The van der Waals surface area contributed by atoms with E-state index in [0.29, 0.717) is 5.95 Å². The van der Waals surface area contributed by atoms with E-state index in [1.165, 1.54) is 0 Å². The Kier molecular flexibility index (Phi) is 4.59. The number of nitrogens with one attached hydrogen (secondary N) is 1. The quantitative estimate of drug-likeness (QED) is 0.702. The molecule has 2 aliphatic rings. The van der Waals surface area contributed by atoms with E-state index in [-0.39, 0.29) is 23.2 Å². The van der Waals surface area contributed by atoms with Gasteiger partial charge in [-0.25, -0.2) is 9.97 Å². The number of aryl methyl sites for hydroxylation is 1. The SMILES string of the molecule is CC1C(=O)C(C#N)=CC2(c3ccccc3)c3nc(Nc4cccnc4)ncc3CCC12. The molecule has 0 fully saturated rings. The number of carbonyl (C=O) groups excluding carboxylic acids is 1. The van der Waals surface area contributed by atoms with Crippen molar-refractivity contribution in [2.45, 2.75) is 25.2 Å². The smallest absolute Gasteiger partial charge is 0.227 e. The highest BCUT2D eigenvalue weighted by atomic mass is 16.1. The summed E-state index contributed by atoms with van der Waals surface area (Å²) in [5.41, 5.74) is 3.31. The molecule has 31 heavy (non-hydrogen) atoms. The number of pyridine rings is 1. The van der Waals surface area contributed by atoms with Crippen LogP contribution in [-0.2, 0) is 16.6 Å². The van der Waals surface area contributed by atoms with Gasteiger partial charge in [0.15, 0.2) is 5.78 Å². The van der Waals surface area contributed by atoms with Crippen LogP contribution >= 0.6 is 0 Å². The van der Waals surface area contributed by atoms with Crippen LogP contribution in [0.15, 0.2) is 72.7 Å². The zero-order chi connectivity index (χ0) is 21.4. The van der Waals surface area contributed by atoms with Crippen LogP contribution in [0.1, 0.15) is 30.2 Å². The van der Waals surface area contributed by atoms with E-state index in [1.807, 2.05) is 49.5 Å². The molecular formula is C25H21N5O. The number of ketones is 1. The number of nitrogens with zero attached hydrogens (tertiary/aromatic N) is 4. The predicted octanol–water partition coefficient (Wildman–Crippen LogP) is 4.13. The molecule has 0 amide bonds. The maximum absolute atomic E-state index is 12.9. The van der Waals surface area contributed by atoms with Gasteiger partial charge >= 0.3 is 0 Å². The number of hydrogen-bond acceptors (Lipinski definition) is 6. The Labute approximate surface area is 180 Å². The van der Waals surface area contributed by atoms with Crippen LogP contribution in [0.4, 0.5) is 11.6 Å². The number of benzene rings is 1. The van der Waals surface area contributed by atoms with Gasteiger partial charge < -0.3 is 5.32 Å². The number of nitriles is 1. The lowest BCUT2D eigenvalue weighted by Gasteiger charge is -2.47. The Morgan fingerprint density at radius 3 is 2.74 bits per heavy atom. The third-order valence-electron chi connectivity index (χ3n) is 6.51. The van der Waals surface area contributed by atoms with Crippen molar-refractivity contribution in [2.24, 2.45) is 11.8 Å². The van der Waals surface area contributed by atoms with Crippen molar-refractivity contribution < 1.29 is 4.79 Å². The fourth-order valence-electron chi connectivity index (χ4n) is 5.07. The molecule has 6 nitrogen and oxygen atoms in total. The Hall–Kier alpha value is -3.85. The molecule has 0 radical (unpaired) electrons. The van der Waals surface area contributed by atoms with Crippen molar-refractivity contribution in [1.29, 1.82) is 5.26 Å². The van der Waals surface area contributed by atoms with Crippen LogP contribution < -0.4 is 5.32 Å². The van der Waals surface area contributed by atoms with Gasteiger partial charge in [-0.3, -0.25) is 9.78 Å². The van der Waals surface area contributed by atoms with Crippen LogP contribution in [-0.4, -0.2) is 20.7 Å². The summed E-state index contributed by atoms with van der Waals surface area (Å²) in [6.07, 6.45) is 8.78. The van der Waals surface area contributed by atoms with E-state index in [1.54, 1.807) is 12.4 Å². The molecule has 2 aromatic heterocycles. The first-order valence-corrected chi connectivity index (χ1v) is 10.4. The maximum atomic E-state index is 12.9. The molecule has 6 heteroatoms. The van der Waals surface area contributed by atoms with Gasteiger partial charge in [0.05, 0.1) is 28.6 Å². The summed E-state index contributed by atoms with van der Waals surface area (Å²) in [7, 11) is 0. The number of rotatable bonds is 3. The van der Waals surface area contributed by atoms with E-state index in [9.17, 15) is 10.1 Å². The summed E-state index contributed by atoms with van der Waals surface area (Å²) in [5.74, 6) is 0.148. The van der Waals surface area contributed by atoms with Gasteiger partial charge in [-0.2, -0.15) is 5.26 Å². The summed E-state index contributed by atoms with van der Waals surface area (Å²) in [4.78, 5) is 26.5. The second-order valence-corrected chi connectivity index (χ2v) is 8.14. The van der Waals surface area contributed by atoms with Crippen molar-refractivity contribution in [3.05, 3.63) is 89.5 Å². The van der Waals surface area contributed by atoms with Crippen molar-refractivity contribution in [3.63, 3.8) is 0 Å². The van der Waals surface area contributed by atoms with E-state index in [0.717, 1.165) is 35.3 Å². The second kappa shape index (κ2) is 7.44. The van der Waals surface area contributed by atoms with Crippen LogP contribution in [0.3, 0.4) is 0 Å². The Bertz CT molecular complexity index is 1220. The number of aromatic nitrogens is 3. The molecule has 1 aromatic carbocycles.